The van der Waals surface area contributed by atoms with Gasteiger partial charge < -0.3 is 14.2 Å². The second-order valence-corrected chi connectivity index (χ2v) is 16.9. The van der Waals surface area contributed by atoms with Gasteiger partial charge in [0, 0.05) is 28.1 Å². The Bertz CT molecular complexity index is 3670. The molecule has 3 heteroatoms. The van der Waals surface area contributed by atoms with Gasteiger partial charge in [0.15, 0.2) is 0 Å². The molecule has 0 saturated carbocycles. The summed E-state index contributed by atoms with van der Waals surface area (Å²) in [6.07, 6.45) is 0. The standard InChI is InChI=1S/C64H44N2O/c1-7-21-45(22-8-1)55-37-35-53(43-57(55)47-25-11-3-12-26-47)65(51-31-15-5-16-32-51)60-39-40-61-63(59-41-49-29-19-20-30-50(49)42-62(59)67-61)64(60)66(52-33-17-6-18-34-52)54-36-38-56(46-23-9-2-10-24-46)58(44-54)48-27-13-4-14-28-48/h1-44H. The maximum Gasteiger partial charge on any atom is 0.137 e. The zero-order valence-electron chi connectivity index (χ0n) is 36.7. The van der Waals surface area contributed by atoms with Crippen LogP contribution in [0, 0.1) is 0 Å². The van der Waals surface area contributed by atoms with Crippen LogP contribution in [-0.2, 0) is 0 Å². The van der Waals surface area contributed by atoms with Crippen molar-refractivity contribution >= 4 is 66.8 Å². The number of anilines is 6. The van der Waals surface area contributed by atoms with E-state index >= 15 is 0 Å². The second kappa shape index (κ2) is 17.2. The number of fused-ring (bicyclic) bond motifs is 4. The molecular weight excluding hydrogens is 813 g/mol. The molecule has 1 heterocycles. The summed E-state index contributed by atoms with van der Waals surface area (Å²) in [5.41, 5.74) is 17.0. The van der Waals surface area contributed by atoms with Gasteiger partial charge in [-0.2, -0.15) is 0 Å². The van der Waals surface area contributed by atoms with Crippen LogP contribution in [0.15, 0.2) is 271 Å². The lowest BCUT2D eigenvalue weighted by atomic mass is 9.93. The minimum Gasteiger partial charge on any atom is -0.456 e. The summed E-state index contributed by atoms with van der Waals surface area (Å²) in [6, 6.07) is 95.6. The highest BCUT2D eigenvalue weighted by molar-refractivity contribution is 6.20. The van der Waals surface area contributed by atoms with E-state index in [2.05, 4.69) is 277 Å². The van der Waals surface area contributed by atoms with Crippen molar-refractivity contribution < 1.29 is 4.42 Å². The summed E-state index contributed by atoms with van der Waals surface area (Å²) >= 11 is 0. The molecule has 0 aliphatic rings. The Balaban J connectivity index is 1.19. The van der Waals surface area contributed by atoms with Crippen molar-refractivity contribution in [2.75, 3.05) is 9.80 Å². The molecule has 3 nitrogen and oxygen atoms in total. The zero-order chi connectivity index (χ0) is 44.5. The summed E-state index contributed by atoms with van der Waals surface area (Å²) in [4.78, 5) is 4.86. The lowest BCUT2D eigenvalue weighted by Crippen LogP contribution is -2.17. The number of furan rings is 1. The smallest absolute Gasteiger partial charge is 0.137 e. The maximum absolute atomic E-state index is 6.94. The lowest BCUT2D eigenvalue weighted by Gasteiger charge is -2.34. The van der Waals surface area contributed by atoms with Gasteiger partial charge in [-0.05, 0) is 128 Å². The molecule has 0 N–H and O–H groups in total. The number of para-hydroxylation sites is 2. The Labute approximate surface area is 390 Å². The molecule has 0 aliphatic carbocycles. The molecule has 0 fully saturated rings. The molecule has 316 valence electrons. The van der Waals surface area contributed by atoms with Gasteiger partial charge >= 0.3 is 0 Å². The van der Waals surface area contributed by atoms with Crippen LogP contribution in [0.3, 0.4) is 0 Å². The van der Waals surface area contributed by atoms with Crippen LogP contribution in [-0.4, -0.2) is 0 Å². The van der Waals surface area contributed by atoms with Gasteiger partial charge in [-0.3, -0.25) is 0 Å². The number of benzene rings is 11. The normalized spacial score (nSPS) is 11.3. The Morgan fingerprint density at radius 2 is 0.672 bits per heavy atom. The highest BCUT2D eigenvalue weighted by Crippen LogP contribution is 2.53. The van der Waals surface area contributed by atoms with E-state index in [1.165, 1.54) is 16.7 Å². The Morgan fingerprint density at radius 3 is 1.16 bits per heavy atom. The molecule has 0 aliphatic heterocycles. The molecule has 0 atom stereocenters. The van der Waals surface area contributed by atoms with Crippen molar-refractivity contribution in [3.05, 3.63) is 267 Å². The summed E-state index contributed by atoms with van der Waals surface area (Å²) in [7, 11) is 0. The molecule has 0 amide bonds. The van der Waals surface area contributed by atoms with E-state index in [4.69, 9.17) is 4.42 Å². The van der Waals surface area contributed by atoms with Crippen molar-refractivity contribution in [1.29, 1.82) is 0 Å². The summed E-state index contributed by atoms with van der Waals surface area (Å²) in [5.74, 6) is 0. The second-order valence-electron chi connectivity index (χ2n) is 16.9. The molecule has 0 saturated heterocycles. The van der Waals surface area contributed by atoms with Gasteiger partial charge in [-0.15, -0.1) is 0 Å². The van der Waals surface area contributed by atoms with Crippen LogP contribution in [0.2, 0.25) is 0 Å². The monoisotopic (exact) mass is 856 g/mol. The SMILES string of the molecule is c1ccc(-c2ccc(N(c3ccccc3)c3ccc4oc5cc6ccccc6cc5c4c3N(c3ccccc3)c3ccc(-c4ccccc4)c(-c4ccccc4)c3)cc2-c2ccccc2)cc1. The Kier molecular flexibility index (Phi) is 10.2. The minimum atomic E-state index is 0.812. The topological polar surface area (TPSA) is 19.6 Å². The van der Waals surface area contributed by atoms with Crippen molar-refractivity contribution in [1.82, 2.24) is 0 Å². The summed E-state index contributed by atoms with van der Waals surface area (Å²) < 4.78 is 6.94. The molecular formula is C64H44N2O. The predicted octanol–water partition coefficient (Wildman–Crippen LogP) is 18.3. The Morgan fingerprint density at radius 1 is 0.269 bits per heavy atom. The molecule has 1 aromatic heterocycles. The fraction of sp³-hybridized carbons (Fsp3) is 0. The molecule has 0 bridgehead atoms. The van der Waals surface area contributed by atoms with Crippen molar-refractivity contribution in [2.45, 2.75) is 0 Å². The van der Waals surface area contributed by atoms with Gasteiger partial charge in [0.1, 0.15) is 11.2 Å². The van der Waals surface area contributed by atoms with Gasteiger partial charge in [-0.1, -0.05) is 194 Å². The zero-order valence-corrected chi connectivity index (χ0v) is 36.7. The molecule has 0 spiro atoms. The van der Waals surface area contributed by atoms with Crippen molar-refractivity contribution in [3.8, 4) is 44.5 Å². The molecule has 67 heavy (non-hydrogen) atoms. The predicted molar refractivity (Wildman–Crippen MR) is 282 cm³/mol. The number of nitrogens with zero attached hydrogens (tertiary/aromatic N) is 2. The van der Waals surface area contributed by atoms with E-state index in [-0.39, 0.29) is 0 Å². The molecule has 12 aromatic rings. The first-order valence-corrected chi connectivity index (χ1v) is 22.8. The lowest BCUT2D eigenvalue weighted by molar-refractivity contribution is 0.669. The van der Waals surface area contributed by atoms with Crippen LogP contribution >= 0.6 is 0 Å². The Hall–Kier alpha value is -8.92. The molecule has 0 radical (unpaired) electrons. The number of rotatable bonds is 10. The highest BCUT2D eigenvalue weighted by atomic mass is 16.3. The van der Waals surface area contributed by atoms with Crippen LogP contribution in [0.1, 0.15) is 0 Å². The molecule has 0 unspecified atom stereocenters. The fourth-order valence-corrected chi connectivity index (χ4v) is 9.71. The van der Waals surface area contributed by atoms with Crippen molar-refractivity contribution in [3.63, 3.8) is 0 Å². The number of hydrogen-bond acceptors (Lipinski definition) is 3. The highest BCUT2D eigenvalue weighted by Gasteiger charge is 2.28. The van der Waals surface area contributed by atoms with Crippen LogP contribution in [0.5, 0.6) is 0 Å². The van der Waals surface area contributed by atoms with E-state index in [1.807, 2.05) is 0 Å². The third kappa shape index (κ3) is 7.39. The summed E-state index contributed by atoms with van der Waals surface area (Å²) in [5, 5.41) is 4.37. The van der Waals surface area contributed by atoms with E-state index in [0.29, 0.717) is 0 Å². The van der Waals surface area contributed by atoms with Gasteiger partial charge in [0.25, 0.3) is 0 Å². The van der Waals surface area contributed by atoms with Gasteiger partial charge in [0.05, 0.1) is 16.8 Å². The fourth-order valence-electron chi connectivity index (χ4n) is 9.71. The maximum atomic E-state index is 6.94. The average molecular weight is 857 g/mol. The van der Waals surface area contributed by atoms with Crippen LogP contribution in [0.25, 0.3) is 77.2 Å². The first kappa shape index (κ1) is 39.7. The minimum absolute atomic E-state index is 0.812. The average Bonchev–Trinajstić information content (AvgIpc) is 3.77. The van der Waals surface area contributed by atoms with Crippen LogP contribution in [0.4, 0.5) is 34.1 Å². The summed E-state index contributed by atoms with van der Waals surface area (Å²) in [6.45, 7) is 0. The van der Waals surface area contributed by atoms with E-state index < -0.39 is 0 Å². The third-order valence-corrected chi connectivity index (χ3v) is 12.8. The molecule has 12 rings (SSSR count). The molecule has 11 aromatic carbocycles. The third-order valence-electron chi connectivity index (χ3n) is 12.8. The number of hydrogen-bond donors (Lipinski definition) is 0. The van der Waals surface area contributed by atoms with Crippen molar-refractivity contribution in [2.24, 2.45) is 0 Å². The quantitative estimate of drug-likeness (QED) is 0.137. The first-order chi connectivity index (χ1) is 33.2. The van der Waals surface area contributed by atoms with E-state index in [9.17, 15) is 0 Å². The first-order valence-electron chi connectivity index (χ1n) is 22.8. The van der Waals surface area contributed by atoms with Gasteiger partial charge in [0.2, 0.25) is 0 Å². The largest absolute Gasteiger partial charge is 0.456 e. The van der Waals surface area contributed by atoms with E-state index in [1.54, 1.807) is 0 Å². The van der Waals surface area contributed by atoms with Gasteiger partial charge in [-0.25, -0.2) is 0 Å². The van der Waals surface area contributed by atoms with E-state index in [0.717, 1.165) is 94.7 Å². The van der Waals surface area contributed by atoms with Crippen LogP contribution < -0.4 is 9.80 Å².